The second-order valence-corrected chi connectivity index (χ2v) is 8.24. The van der Waals surface area contributed by atoms with E-state index in [9.17, 15) is 17.6 Å². The van der Waals surface area contributed by atoms with Gasteiger partial charge in [0.05, 0.1) is 20.8 Å². The number of carbonyl (C=O) groups is 1. The predicted octanol–water partition coefficient (Wildman–Crippen LogP) is 4.34. The summed E-state index contributed by atoms with van der Waals surface area (Å²) in [7, 11) is -3.72. The van der Waals surface area contributed by atoms with E-state index in [1.165, 1.54) is 30.3 Å². The van der Waals surface area contributed by atoms with E-state index in [2.05, 4.69) is 5.32 Å². The van der Waals surface area contributed by atoms with Crippen LogP contribution in [-0.2, 0) is 20.4 Å². The fourth-order valence-corrected chi connectivity index (χ4v) is 3.67. The monoisotopic (exact) mass is 409 g/mol. The summed E-state index contributed by atoms with van der Waals surface area (Å²) in [4.78, 5) is 11.9. The molecule has 0 bridgehead atoms. The van der Waals surface area contributed by atoms with E-state index in [0.29, 0.717) is 10.6 Å². The molecule has 0 radical (unpaired) electrons. The predicted molar refractivity (Wildman–Crippen MR) is 94.0 cm³/mol. The smallest absolute Gasteiger partial charge is 0.239 e. The fraction of sp³-hybridized carbons (Fsp3) is 0.133. The lowest BCUT2D eigenvalue weighted by atomic mass is 10.2. The standard InChI is InChI=1S/C15H11Cl3FNO3S/c16-11-3-1-9(5-12(11)17)7-24(22,23)8-15(21)20-10-2-4-14(19)13(18)6-10/h1-6H,7-8H2,(H,20,21). The van der Waals surface area contributed by atoms with Crippen molar-refractivity contribution in [3.63, 3.8) is 0 Å². The molecule has 24 heavy (non-hydrogen) atoms. The molecule has 0 saturated carbocycles. The first-order valence-corrected chi connectivity index (χ1v) is 9.51. The zero-order valence-corrected chi connectivity index (χ0v) is 15.1. The first kappa shape index (κ1) is 19.0. The highest BCUT2D eigenvalue weighted by molar-refractivity contribution is 7.91. The van der Waals surface area contributed by atoms with Crippen LogP contribution in [0.5, 0.6) is 0 Å². The molecule has 128 valence electrons. The lowest BCUT2D eigenvalue weighted by Crippen LogP contribution is -2.24. The molecule has 2 aromatic carbocycles. The van der Waals surface area contributed by atoms with E-state index in [-0.39, 0.29) is 21.5 Å². The summed E-state index contributed by atoms with van der Waals surface area (Å²) in [5.74, 6) is -2.48. The van der Waals surface area contributed by atoms with Crippen molar-refractivity contribution in [3.05, 3.63) is 62.8 Å². The fourth-order valence-electron chi connectivity index (χ4n) is 1.91. The normalized spacial score (nSPS) is 11.3. The number of hydrogen-bond donors (Lipinski definition) is 1. The quantitative estimate of drug-likeness (QED) is 0.797. The molecule has 0 spiro atoms. The zero-order chi connectivity index (χ0) is 17.9. The van der Waals surface area contributed by atoms with E-state index in [0.717, 1.165) is 6.07 Å². The van der Waals surface area contributed by atoms with Gasteiger partial charge in [-0.2, -0.15) is 0 Å². The number of hydrogen-bond acceptors (Lipinski definition) is 3. The van der Waals surface area contributed by atoms with Gasteiger partial charge in [0.2, 0.25) is 5.91 Å². The number of amides is 1. The van der Waals surface area contributed by atoms with Crippen molar-refractivity contribution >= 4 is 56.2 Å². The van der Waals surface area contributed by atoms with Crippen LogP contribution in [0.3, 0.4) is 0 Å². The van der Waals surface area contributed by atoms with Crippen LogP contribution in [0, 0.1) is 5.82 Å². The summed E-state index contributed by atoms with van der Waals surface area (Å²) >= 11 is 17.2. The molecular weight excluding hydrogens is 400 g/mol. The lowest BCUT2D eigenvalue weighted by Gasteiger charge is -2.08. The van der Waals surface area contributed by atoms with E-state index < -0.39 is 27.3 Å². The molecule has 0 aliphatic rings. The maximum atomic E-state index is 13.0. The maximum Gasteiger partial charge on any atom is 0.239 e. The first-order chi connectivity index (χ1) is 11.2. The summed E-state index contributed by atoms with van der Waals surface area (Å²) in [5.41, 5.74) is 0.623. The van der Waals surface area contributed by atoms with Gasteiger partial charge < -0.3 is 5.32 Å². The maximum absolute atomic E-state index is 13.0. The molecule has 0 saturated heterocycles. The van der Waals surface area contributed by atoms with Crippen LogP contribution in [0.15, 0.2) is 36.4 Å². The van der Waals surface area contributed by atoms with Gasteiger partial charge in [-0.25, -0.2) is 12.8 Å². The Balaban J connectivity index is 2.03. The highest BCUT2D eigenvalue weighted by Crippen LogP contribution is 2.24. The summed E-state index contributed by atoms with van der Waals surface area (Å²) < 4.78 is 37.2. The first-order valence-electron chi connectivity index (χ1n) is 6.55. The SMILES string of the molecule is O=C(CS(=O)(=O)Cc1ccc(Cl)c(Cl)c1)Nc1ccc(F)c(Cl)c1. The summed E-state index contributed by atoms with van der Waals surface area (Å²) in [5, 5.41) is 2.72. The second kappa shape index (κ2) is 7.70. The van der Waals surface area contributed by atoms with Gasteiger partial charge in [0.15, 0.2) is 9.84 Å². The minimum atomic E-state index is -3.72. The minimum Gasteiger partial charge on any atom is -0.325 e. The molecule has 0 aliphatic heterocycles. The number of nitrogens with one attached hydrogen (secondary N) is 1. The number of sulfone groups is 1. The number of anilines is 1. The second-order valence-electron chi connectivity index (χ2n) is 4.96. The van der Waals surface area contributed by atoms with E-state index in [1.54, 1.807) is 0 Å². The van der Waals surface area contributed by atoms with Gasteiger partial charge in [-0.05, 0) is 35.9 Å². The Morgan fingerprint density at radius 1 is 1.00 bits per heavy atom. The van der Waals surface area contributed by atoms with Gasteiger partial charge in [0.25, 0.3) is 0 Å². The molecule has 2 rings (SSSR count). The largest absolute Gasteiger partial charge is 0.325 e. The van der Waals surface area contributed by atoms with Gasteiger partial charge in [-0.3, -0.25) is 4.79 Å². The summed E-state index contributed by atoms with van der Waals surface area (Å²) in [6.07, 6.45) is 0. The van der Waals surface area contributed by atoms with Crippen LogP contribution in [-0.4, -0.2) is 20.1 Å². The van der Waals surface area contributed by atoms with Gasteiger partial charge in [-0.15, -0.1) is 0 Å². The third-order valence-electron chi connectivity index (χ3n) is 2.92. The molecule has 1 N–H and O–H groups in total. The van der Waals surface area contributed by atoms with Crippen LogP contribution in [0.25, 0.3) is 0 Å². The Kier molecular flexibility index (Phi) is 6.09. The third-order valence-corrected chi connectivity index (χ3v) is 5.43. The van der Waals surface area contributed by atoms with E-state index in [4.69, 9.17) is 34.8 Å². The van der Waals surface area contributed by atoms with Crippen molar-refractivity contribution in [1.29, 1.82) is 0 Å². The average molecular weight is 411 g/mol. The highest BCUT2D eigenvalue weighted by atomic mass is 35.5. The Labute approximate surface area is 153 Å². The van der Waals surface area contributed by atoms with Crippen molar-refractivity contribution in [2.75, 3.05) is 11.1 Å². The van der Waals surface area contributed by atoms with Crippen LogP contribution in [0.1, 0.15) is 5.56 Å². The molecule has 4 nitrogen and oxygen atoms in total. The molecule has 1 amide bonds. The number of benzene rings is 2. The van der Waals surface area contributed by atoms with Gasteiger partial charge in [0, 0.05) is 5.69 Å². The third kappa shape index (κ3) is 5.34. The summed E-state index contributed by atoms with van der Waals surface area (Å²) in [6.45, 7) is 0. The molecule has 0 aliphatic carbocycles. The molecule has 9 heteroatoms. The van der Waals surface area contributed by atoms with Gasteiger partial charge in [0.1, 0.15) is 11.6 Å². The highest BCUT2D eigenvalue weighted by Gasteiger charge is 2.18. The molecule has 0 fully saturated rings. The van der Waals surface area contributed by atoms with Crippen molar-refractivity contribution < 1.29 is 17.6 Å². The number of halogens is 4. The molecule has 0 atom stereocenters. The van der Waals surface area contributed by atoms with Crippen molar-refractivity contribution in [1.82, 2.24) is 0 Å². The molecule has 2 aromatic rings. The van der Waals surface area contributed by atoms with Crippen LogP contribution in [0.4, 0.5) is 10.1 Å². The van der Waals surface area contributed by atoms with Gasteiger partial charge >= 0.3 is 0 Å². The lowest BCUT2D eigenvalue weighted by molar-refractivity contribution is -0.113. The number of rotatable bonds is 5. The molecule has 0 heterocycles. The summed E-state index contributed by atoms with van der Waals surface area (Å²) in [6, 6.07) is 7.98. The Morgan fingerprint density at radius 2 is 1.71 bits per heavy atom. The van der Waals surface area contributed by atoms with Crippen LogP contribution < -0.4 is 5.32 Å². The van der Waals surface area contributed by atoms with Crippen molar-refractivity contribution in [3.8, 4) is 0 Å². The van der Waals surface area contributed by atoms with Crippen molar-refractivity contribution in [2.45, 2.75) is 5.75 Å². The van der Waals surface area contributed by atoms with E-state index >= 15 is 0 Å². The Hall–Kier alpha value is -1.34. The van der Waals surface area contributed by atoms with E-state index in [1.807, 2.05) is 0 Å². The van der Waals surface area contributed by atoms with Crippen LogP contribution in [0.2, 0.25) is 15.1 Å². The molecule has 0 unspecified atom stereocenters. The molecular formula is C15H11Cl3FNO3S. The van der Waals surface area contributed by atoms with Crippen molar-refractivity contribution in [2.24, 2.45) is 0 Å². The zero-order valence-electron chi connectivity index (χ0n) is 12.0. The Bertz CT molecular complexity index is 888. The minimum absolute atomic E-state index is 0.175. The number of carbonyl (C=O) groups excluding carboxylic acids is 1. The molecule has 0 aromatic heterocycles. The Morgan fingerprint density at radius 3 is 2.33 bits per heavy atom. The average Bonchev–Trinajstić information content (AvgIpc) is 2.46. The van der Waals surface area contributed by atoms with Gasteiger partial charge in [-0.1, -0.05) is 40.9 Å². The van der Waals surface area contributed by atoms with Crippen LogP contribution >= 0.6 is 34.8 Å². The topological polar surface area (TPSA) is 63.2 Å².